The van der Waals surface area contributed by atoms with Crippen molar-refractivity contribution in [2.75, 3.05) is 29.0 Å². The maximum atomic E-state index is 6.04. The molecule has 0 bridgehead atoms. The van der Waals surface area contributed by atoms with Crippen LogP contribution in [0.2, 0.25) is 0 Å². The molecule has 0 radical (unpaired) electrons. The van der Waals surface area contributed by atoms with E-state index in [2.05, 4.69) is 101 Å². The molecule has 3 N–H and O–H groups in total. The SMILES string of the molecule is C1=C(Nc2ccc(Nc3ccc(NC4=CCCN4OCc4ccccc4)cc3)cc2)N(OCc2ccccc2)CC1. The molecule has 0 fully saturated rings. The summed E-state index contributed by atoms with van der Waals surface area (Å²) in [5, 5.41) is 14.3. The van der Waals surface area contributed by atoms with Crippen LogP contribution in [0.5, 0.6) is 0 Å². The van der Waals surface area contributed by atoms with Crippen LogP contribution in [0.15, 0.2) is 133 Å². The minimum absolute atomic E-state index is 0.551. The normalized spacial score (nSPS) is 14.5. The molecule has 2 aliphatic heterocycles. The molecule has 41 heavy (non-hydrogen) atoms. The fourth-order valence-corrected chi connectivity index (χ4v) is 4.77. The Labute approximate surface area is 241 Å². The third-order valence-corrected chi connectivity index (χ3v) is 6.94. The third kappa shape index (κ3) is 7.28. The molecule has 6 rings (SSSR count). The molecule has 208 valence electrons. The van der Waals surface area contributed by atoms with Gasteiger partial charge in [-0.05, 0) is 84.7 Å². The average molecular weight is 546 g/mol. The van der Waals surface area contributed by atoms with Crippen molar-refractivity contribution in [2.24, 2.45) is 0 Å². The third-order valence-electron chi connectivity index (χ3n) is 6.94. The van der Waals surface area contributed by atoms with Crippen LogP contribution in [0.1, 0.15) is 24.0 Å². The van der Waals surface area contributed by atoms with Gasteiger partial charge in [-0.3, -0.25) is 9.68 Å². The number of hydrogen-bond acceptors (Lipinski definition) is 7. The largest absolute Gasteiger partial charge is 0.356 e. The maximum Gasteiger partial charge on any atom is 0.126 e. The Morgan fingerprint density at radius 1 is 0.463 bits per heavy atom. The molecule has 0 amide bonds. The van der Waals surface area contributed by atoms with Crippen molar-refractivity contribution in [3.05, 3.63) is 144 Å². The van der Waals surface area contributed by atoms with E-state index in [1.165, 1.54) is 0 Å². The number of rotatable bonds is 12. The summed E-state index contributed by atoms with van der Waals surface area (Å²) in [7, 11) is 0. The molecule has 0 saturated heterocycles. The van der Waals surface area contributed by atoms with E-state index in [-0.39, 0.29) is 0 Å². The first-order valence-electron chi connectivity index (χ1n) is 14.1. The van der Waals surface area contributed by atoms with E-state index in [0.717, 1.165) is 71.4 Å². The van der Waals surface area contributed by atoms with Crippen molar-refractivity contribution in [1.29, 1.82) is 0 Å². The van der Waals surface area contributed by atoms with Crippen molar-refractivity contribution < 1.29 is 9.68 Å². The highest BCUT2D eigenvalue weighted by atomic mass is 16.7. The zero-order valence-electron chi connectivity index (χ0n) is 23.0. The number of anilines is 4. The lowest BCUT2D eigenvalue weighted by molar-refractivity contribution is -0.134. The lowest BCUT2D eigenvalue weighted by atomic mass is 10.2. The molecule has 0 spiro atoms. The quantitative estimate of drug-likeness (QED) is 0.169. The zero-order valence-corrected chi connectivity index (χ0v) is 23.0. The summed E-state index contributed by atoms with van der Waals surface area (Å²) < 4.78 is 0. The van der Waals surface area contributed by atoms with Gasteiger partial charge in [-0.15, -0.1) is 0 Å². The van der Waals surface area contributed by atoms with Crippen LogP contribution >= 0.6 is 0 Å². The Morgan fingerprint density at radius 3 is 1.22 bits per heavy atom. The number of hydrogen-bond donors (Lipinski definition) is 3. The minimum atomic E-state index is 0.551. The van der Waals surface area contributed by atoms with Crippen LogP contribution < -0.4 is 16.0 Å². The molecular weight excluding hydrogens is 510 g/mol. The Balaban J connectivity index is 0.979. The van der Waals surface area contributed by atoms with Crippen LogP contribution in [0.3, 0.4) is 0 Å². The number of nitrogens with zero attached hydrogens (tertiary/aromatic N) is 2. The van der Waals surface area contributed by atoms with Crippen LogP contribution in [0, 0.1) is 0 Å². The second-order valence-corrected chi connectivity index (χ2v) is 10.0. The van der Waals surface area contributed by atoms with Gasteiger partial charge in [-0.25, -0.2) is 10.1 Å². The monoisotopic (exact) mass is 545 g/mol. The summed E-state index contributed by atoms with van der Waals surface area (Å²) in [6.45, 7) is 2.79. The van der Waals surface area contributed by atoms with Crippen molar-refractivity contribution in [3.8, 4) is 0 Å². The summed E-state index contributed by atoms with van der Waals surface area (Å²) in [5.41, 5.74) is 6.38. The van der Waals surface area contributed by atoms with Crippen molar-refractivity contribution in [1.82, 2.24) is 10.1 Å². The van der Waals surface area contributed by atoms with E-state index in [1.54, 1.807) is 0 Å². The maximum absolute atomic E-state index is 6.04. The second kappa shape index (κ2) is 13.1. The topological polar surface area (TPSA) is 61.0 Å². The second-order valence-electron chi connectivity index (χ2n) is 10.0. The summed E-state index contributed by atoms with van der Waals surface area (Å²) in [6, 6.07) is 37.1. The standard InChI is InChI=1S/C34H35N5O2/c1-3-9-27(10-4-1)25-40-38-23-7-13-33(38)36-31-19-15-29(16-20-31)35-30-17-21-32(22-18-30)37-34-14-8-24-39(34)41-26-28-11-5-2-6-12-28/h1-6,9-22,35-37H,7-8,23-26H2. The van der Waals surface area contributed by atoms with Crippen molar-refractivity contribution >= 4 is 22.7 Å². The van der Waals surface area contributed by atoms with Crippen LogP contribution in [-0.2, 0) is 22.9 Å². The lowest BCUT2D eigenvalue weighted by Gasteiger charge is -2.23. The number of hydroxylamine groups is 4. The van der Waals surface area contributed by atoms with E-state index < -0.39 is 0 Å². The fourth-order valence-electron chi connectivity index (χ4n) is 4.77. The van der Waals surface area contributed by atoms with Gasteiger partial charge in [0.2, 0.25) is 0 Å². The van der Waals surface area contributed by atoms with Crippen molar-refractivity contribution in [3.63, 3.8) is 0 Å². The smallest absolute Gasteiger partial charge is 0.126 e. The zero-order chi connectivity index (χ0) is 27.7. The predicted octanol–water partition coefficient (Wildman–Crippen LogP) is 7.61. The molecule has 2 aliphatic rings. The highest BCUT2D eigenvalue weighted by Crippen LogP contribution is 2.25. The molecule has 0 aromatic heterocycles. The van der Waals surface area contributed by atoms with Gasteiger partial charge in [0.25, 0.3) is 0 Å². The van der Waals surface area contributed by atoms with E-state index in [0.29, 0.717) is 13.2 Å². The van der Waals surface area contributed by atoms with Gasteiger partial charge in [0.05, 0.1) is 26.3 Å². The molecule has 0 unspecified atom stereocenters. The average Bonchev–Trinajstić information content (AvgIpc) is 3.67. The van der Waals surface area contributed by atoms with Gasteiger partial charge >= 0.3 is 0 Å². The van der Waals surface area contributed by atoms with Crippen LogP contribution in [0.25, 0.3) is 0 Å². The highest BCUT2D eigenvalue weighted by Gasteiger charge is 2.17. The Kier molecular flexibility index (Phi) is 8.46. The van der Waals surface area contributed by atoms with Gasteiger partial charge in [-0.2, -0.15) is 0 Å². The van der Waals surface area contributed by atoms with Gasteiger partial charge in [0.1, 0.15) is 11.6 Å². The summed E-state index contributed by atoms with van der Waals surface area (Å²) >= 11 is 0. The van der Waals surface area contributed by atoms with Crippen LogP contribution in [-0.4, -0.2) is 23.2 Å². The molecular formula is C34H35N5O2. The molecule has 2 heterocycles. The Bertz CT molecular complexity index is 1340. The summed E-state index contributed by atoms with van der Waals surface area (Å²) in [5.74, 6) is 1.96. The molecule has 0 saturated carbocycles. The predicted molar refractivity (Wildman–Crippen MR) is 165 cm³/mol. The Morgan fingerprint density at radius 2 is 0.829 bits per heavy atom. The first kappa shape index (κ1) is 26.5. The van der Waals surface area contributed by atoms with Crippen molar-refractivity contribution in [2.45, 2.75) is 26.1 Å². The van der Waals surface area contributed by atoms with Gasteiger partial charge in [0.15, 0.2) is 0 Å². The first-order valence-corrected chi connectivity index (χ1v) is 14.1. The summed E-state index contributed by atoms with van der Waals surface area (Å²) in [4.78, 5) is 12.1. The van der Waals surface area contributed by atoms with Crippen LogP contribution in [0.4, 0.5) is 22.7 Å². The van der Waals surface area contributed by atoms with Gasteiger partial charge in [0, 0.05) is 22.7 Å². The first-order chi connectivity index (χ1) is 20.3. The number of benzene rings is 4. The van der Waals surface area contributed by atoms with E-state index in [9.17, 15) is 0 Å². The van der Waals surface area contributed by atoms with Gasteiger partial charge in [-0.1, -0.05) is 60.7 Å². The molecule has 0 atom stereocenters. The van der Waals surface area contributed by atoms with E-state index in [4.69, 9.17) is 9.68 Å². The minimum Gasteiger partial charge on any atom is -0.356 e. The molecule has 0 aliphatic carbocycles. The Hall–Kier alpha value is -4.72. The van der Waals surface area contributed by atoms with E-state index >= 15 is 0 Å². The summed E-state index contributed by atoms with van der Waals surface area (Å²) in [6.07, 6.45) is 6.25. The lowest BCUT2D eigenvalue weighted by Crippen LogP contribution is -2.24. The molecule has 4 aromatic carbocycles. The highest BCUT2D eigenvalue weighted by molar-refractivity contribution is 5.65. The molecule has 7 nitrogen and oxygen atoms in total. The van der Waals surface area contributed by atoms with E-state index in [1.807, 2.05) is 46.5 Å². The van der Waals surface area contributed by atoms with Gasteiger partial charge < -0.3 is 16.0 Å². The molecule has 4 aromatic rings. The molecule has 7 heteroatoms. The fraction of sp³-hybridized carbons (Fsp3) is 0.176. The number of nitrogens with one attached hydrogen (secondary N) is 3.